The molecule has 3 rings (SSSR count). The Balaban J connectivity index is 2.08. The fourth-order valence-corrected chi connectivity index (χ4v) is 5.16. The average Bonchev–Trinajstić information content (AvgIpc) is 2.66. The molecule has 1 unspecified atom stereocenters. The molecule has 0 aliphatic rings. The summed E-state index contributed by atoms with van der Waals surface area (Å²) in [4.78, 5) is 0.293. The van der Waals surface area contributed by atoms with Crippen LogP contribution >= 0.6 is 0 Å². The van der Waals surface area contributed by atoms with Crippen molar-refractivity contribution in [2.24, 2.45) is 0 Å². The number of rotatable bonds is 6. The molecule has 0 heterocycles. The van der Waals surface area contributed by atoms with Crippen molar-refractivity contribution in [1.82, 2.24) is 4.72 Å². The van der Waals surface area contributed by atoms with Crippen LogP contribution in [0.4, 0.5) is 0 Å². The monoisotopic (exact) mass is 395 g/mol. The Morgan fingerprint density at radius 1 is 0.821 bits per heavy atom. The molecule has 3 aromatic carbocycles. The molecule has 0 aromatic heterocycles. The van der Waals surface area contributed by atoms with Gasteiger partial charge in [-0.25, -0.2) is 8.42 Å². The predicted octanol–water partition coefficient (Wildman–Crippen LogP) is 4.69. The molecule has 28 heavy (non-hydrogen) atoms. The lowest BCUT2D eigenvalue weighted by Crippen LogP contribution is -2.30. The van der Waals surface area contributed by atoms with E-state index in [0.717, 1.165) is 16.7 Å². The fraction of sp³-hybridized carbons (Fsp3) is 0.217. The summed E-state index contributed by atoms with van der Waals surface area (Å²) in [6, 6.07) is 20.5. The van der Waals surface area contributed by atoms with Gasteiger partial charge in [0.1, 0.15) is 5.75 Å². The Morgan fingerprint density at radius 3 is 2.00 bits per heavy atom. The maximum atomic E-state index is 13.4. The average molecular weight is 396 g/mol. The quantitative estimate of drug-likeness (QED) is 0.659. The van der Waals surface area contributed by atoms with Crippen LogP contribution in [0.5, 0.6) is 5.75 Å². The van der Waals surface area contributed by atoms with Crippen LogP contribution in [0.1, 0.15) is 33.9 Å². The van der Waals surface area contributed by atoms with E-state index >= 15 is 0 Å². The van der Waals surface area contributed by atoms with E-state index in [-0.39, 0.29) is 0 Å². The number of ether oxygens (including phenoxy) is 1. The van der Waals surface area contributed by atoms with Crippen molar-refractivity contribution in [3.8, 4) is 5.75 Å². The van der Waals surface area contributed by atoms with Crippen LogP contribution < -0.4 is 9.46 Å². The molecule has 0 saturated heterocycles. The molecule has 0 bridgehead atoms. The largest absolute Gasteiger partial charge is 0.497 e. The summed E-state index contributed by atoms with van der Waals surface area (Å²) >= 11 is 0. The standard InChI is InChI=1S/C23H25NO3S/c1-16-9-8-12-20(13-16)22(19-10-6-5-7-11-19)24-28(25,26)23-17(2)14-21(27-4)15-18(23)3/h5-15,22,24H,1-4H3. The highest BCUT2D eigenvalue weighted by atomic mass is 32.2. The molecule has 0 aliphatic carbocycles. The van der Waals surface area contributed by atoms with Gasteiger partial charge in [-0.15, -0.1) is 0 Å². The third-order valence-electron chi connectivity index (χ3n) is 4.72. The SMILES string of the molecule is COc1cc(C)c(S(=O)(=O)NC(c2ccccc2)c2cccc(C)c2)c(C)c1. The number of nitrogens with one attached hydrogen (secondary N) is 1. The van der Waals surface area contributed by atoms with Gasteiger partial charge < -0.3 is 4.74 Å². The zero-order chi connectivity index (χ0) is 20.3. The van der Waals surface area contributed by atoms with Crippen molar-refractivity contribution in [1.29, 1.82) is 0 Å². The maximum Gasteiger partial charge on any atom is 0.241 e. The minimum absolute atomic E-state index is 0.293. The molecule has 1 atom stereocenters. The second kappa shape index (κ2) is 8.17. The Morgan fingerprint density at radius 2 is 1.43 bits per heavy atom. The molecule has 0 radical (unpaired) electrons. The van der Waals surface area contributed by atoms with Gasteiger partial charge in [-0.2, -0.15) is 4.72 Å². The Hall–Kier alpha value is -2.63. The molecular weight excluding hydrogens is 370 g/mol. The van der Waals surface area contributed by atoms with Crippen molar-refractivity contribution >= 4 is 10.0 Å². The van der Waals surface area contributed by atoms with E-state index in [0.29, 0.717) is 21.8 Å². The maximum absolute atomic E-state index is 13.4. The van der Waals surface area contributed by atoms with Crippen LogP contribution in [0.25, 0.3) is 0 Å². The van der Waals surface area contributed by atoms with E-state index in [1.807, 2.05) is 61.5 Å². The number of sulfonamides is 1. The molecule has 0 aliphatic heterocycles. The van der Waals surface area contributed by atoms with E-state index in [2.05, 4.69) is 4.72 Å². The molecule has 1 N–H and O–H groups in total. The second-order valence-corrected chi connectivity index (χ2v) is 8.62. The normalized spacial score (nSPS) is 12.6. The minimum Gasteiger partial charge on any atom is -0.497 e. The van der Waals surface area contributed by atoms with Gasteiger partial charge in [-0.1, -0.05) is 60.2 Å². The third-order valence-corrected chi connectivity index (χ3v) is 6.45. The van der Waals surface area contributed by atoms with Crippen molar-refractivity contribution in [2.75, 3.05) is 7.11 Å². The highest BCUT2D eigenvalue weighted by molar-refractivity contribution is 7.89. The van der Waals surface area contributed by atoms with Gasteiger partial charge in [0, 0.05) is 0 Å². The van der Waals surface area contributed by atoms with Crippen LogP contribution in [0.3, 0.4) is 0 Å². The molecule has 3 aromatic rings. The molecule has 0 saturated carbocycles. The summed E-state index contributed by atoms with van der Waals surface area (Å²) in [5.41, 5.74) is 4.18. The van der Waals surface area contributed by atoms with Gasteiger partial charge in [-0.05, 0) is 55.2 Å². The predicted molar refractivity (Wildman–Crippen MR) is 112 cm³/mol. The number of benzene rings is 3. The van der Waals surface area contributed by atoms with E-state index in [1.165, 1.54) is 0 Å². The van der Waals surface area contributed by atoms with Crippen LogP contribution in [-0.2, 0) is 10.0 Å². The number of aryl methyl sites for hydroxylation is 3. The van der Waals surface area contributed by atoms with E-state index < -0.39 is 16.1 Å². The number of hydrogen-bond donors (Lipinski definition) is 1. The lowest BCUT2D eigenvalue weighted by atomic mass is 9.98. The van der Waals surface area contributed by atoms with Gasteiger partial charge >= 0.3 is 0 Å². The minimum atomic E-state index is -3.76. The van der Waals surface area contributed by atoms with Crippen molar-refractivity contribution < 1.29 is 13.2 Å². The van der Waals surface area contributed by atoms with Crippen LogP contribution in [-0.4, -0.2) is 15.5 Å². The Kier molecular flexibility index (Phi) is 5.87. The first-order valence-corrected chi connectivity index (χ1v) is 10.6. The Labute approximate surface area is 167 Å². The first-order chi connectivity index (χ1) is 13.3. The van der Waals surface area contributed by atoms with Gasteiger partial charge in [0.15, 0.2) is 0 Å². The van der Waals surface area contributed by atoms with E-state index in [9.17, 15) is 8.42 Å². The van der Waals surface area contributed by atoms with Gasteiger partial charge in [0.05, 0.1) is 18.0 Å². The molecule has 146 valence electrons. The second-order valence-electron chi connectivity index (χ2n) is 6.97. The molecular formula is C23H25NO3S. The van der Waals surface area contributed by atoms with Gasteiger partial charge in [-0.3, -0.25) is 0 Å². The van der Waals surface area contributed by atoms with E-state index in [1.54, 1.807) is 33.1 Å². The Bertz CT molecular complexity index is 1050. The zero-order valence-corrected chi connectivity index (χ0v) is 17.4. The lowest BCUT2D eigenvalue weighted by molar-refractivity contribution is 0.413. The van der Waals surface area contributed by atoms with Crippen molar-refractivity contribution in [3.63, 3.8) is 0 Å². The third kappa shape index (κ3) is 4.26. The van der Waals surface area contributed by atoms with Crippen LogP contribution in [0.15, 0.2) is 71.6 Å². The van der Waals surface area contributed by atoms with Gasteiger partial charge in [0.25, 0.3) is 0 Å². The van der Waals surface area contributed by atoms with E-state index in [4.69, 9.17) is 4.74 Å². The highest BCUT2D eigenvalue weighted by Gasteiger charge is 2.26. The number of methoxy groups -OCH3 is 1. The first kappa shape index (κ1) is 20.1. The summed E-state index contributed by atoms with van der Waals surface area (Å²) in [6.07, 6.45) is 0. The summed E-state index contributed by atoms with van der Waals surface area (Å²) in [7, 11) is -2.19. The summed E-state index contributed by atoms with van der Waals surface area (Å²) in [6.45, 7) is 5.57. The van der Waals surface area contributed by atoms with Crippen molar-refractivity contribution in [2.45, 2.75) is 31.7 Å². The molecule has 0 spiro atoms. The number of hydrogen-bond acceptors (Lipinski definition) is 3. The highest BCUT2D eigenvalue weighted by Crippen LogP contribution is 2.29. The molecule has 5 heteroatoms. The summed E-state index contributed by atoms with van der Waals surface area (Å²) in [5, 5.41) is 0. The molecule has 4 nitrogen and oxygen atoms in total. The van der Waals surface area contributed by atoms with Crippen LogP contribution in [0.2, 0.25) is 0 Å². The molecule has 0 amide bonds. The van der Waals surface area contributed by atoms with Gasteiger partial charge in [0.2, 0.25) is 10.0 Å². The fourth-order valence-electron chi connectivity index (χ4n) is 3.49. The first-order valence-electron chi connectivity index (χ1n) is 9.11. The molecule has 0 fully saturated rings. The smallest absolute Gasteiger partial charge is 0.241 e. The lowest BCUT2D eigenvalue weighted by Gasteiger charge is -2.22. The topological polar surface area (TPSA) is 55.4 Å². The van der Waals surface area contributed by atoms with Crippen LogP contribution in [0, 0.1) is 20.8 Å². The summed E-state index contributed by atoms with van der Waals surface area (Å²) in [5.74, 6) is 0.646. The zero-order valence-electron chi connectivity index (χ0n) is 16.6. The summed E-state index contributed by atoms with van der Waals surface area (Å²) < 4.78 is 34.9. The van der Waals surface area contributed by atoms with Crippen molar-refractivity contribution in [3.05, 3.63) is 94.5 Å².